The summed E-state index contributed by atoms with van der Waals surface area (Å²) in [7, 11) is 2.05. The van der Waals surface area contributed by atoms with E-state index < -0.39 is 5.60 Å². The highest BCUT2D eigenvalue weighted by Gasteiger charge is 2.23. The highest BCUT2D eigenvalue weighted by atomic mass is 16.5. The molecule has 0 aliphatic carbocycles. The molecule has 0 spiro atoms. The number of fused-ring (bicyclic) bond motifs is 1. The fraction of sp³-hybridized carbons (Fsp3) is 0.476. The van der Waals surface area contributed by atoms with Gasteiger partial charge in [0.05, 0.1) is 49.5 Å². The third kappa shape index (κ3) is 4.47. The van der Waals surface area contributed by atoms with Crippen molar-refractivity contribution < 1.29 is 9.84 Å². The summed E-state index contributed by atoms with van der Waals surface area (Å²) in [5, 5.41) is 21.8. The molecule has 10 heteroatoms. The Morgan fingerprint density at radius 3 is 2.65 bits per heavy atom. The second kappa shape index (κ2) is 8.75. The van der Waals surface area contributed by atoms with E-state index in [2.05, 4.69) is 49.3 Å². The molecular formula is C21H28N8O2. The molecule has 1 N–H and O–H groups in total. The van der Waals surface area contributed by atoms with Crippen molar-refractivity contribution in [1.29, 1.82) is 0 Å². The lowest BCUT2D eigenvalue weighted by Gasteiger charge is -2.25. The van der Waals surface area contributed by atoms with Crippen molar-refractivity contribution in [3.05, 3.63) is 36.0 Å². The molecule has 2 aromatic heterocycles. The van der Waals surface area contributed by atoms with Crippen LogP contribution in [0.3, 0.4) is 0 Å². The van der Waals surface area contributed by atoms with Crippen LogP contribution in [0.15, 0.2) is 35.5 Å². The Labute approximate surface area is 181 Å². The SMILES string of the molecule is CCN1CC(=Nc2ncc3nnn(-c4ccc(C(C)(C)OCCO)cc4)c3n2)CN1C. The molecule has 0 radical (unpaired) electrons. The van der Waals surface area contributed by atoms with Crippen LogP contribution in [0.4, 0.5) is 5.95 Å². The predicted octanol–water partition coefficient (Wildman–Crippen LogP) is 1.71. The molecule has 4 rings (SSSR count). The fourth-order valence-electron chi connectivity index (χ4n) is 3.65. The van der Waals surface area contributed by atoms with Gasteiger partial charge in [0.2, 0.25) is 0 Å². The predicted molar refractivity (Wildman–Crippen MR) is 117 cm³/mol. The lowest BCUT2D eigenvalue weighted by atomic mass is 9.98. The lowest BCUT2D eigenvalue weighted by molar-refractivity contribution is -0.0369. The molecule has 1 aliphatic rings. The topological polar surface area (TPSA) is 105 Å². The van der Waals surface area contributed by atoms with Gasteiger partial charge in [-0.05, 0) is 31.5 Å². The molecule has 1 aromatic carbocycles. The van der Waals surface area contributed by atoms with Crippen LogP contribution in [0.2, 0.25) is 0 Å². The number of hydrazine groups is 1. The smallest absolute Gasteiger partial charge is 0.251 e. The zero-order valence-corrected chi connectivity index (χ0v) is 18.4. The van der Waals surface area contributed by atoms with E-state index in [-0.39, 0.29) is 13.2 Å². The third-order valence-electron chi connectivity index (χ3n) is 5.42. The van der Waals surface area contributed by atoms with Crippen molar-refractivity contribution in [3.8, 4) is 5.69 Å². The van der Waals surface area contributed by atoms with E-state index in [0.717, 1.165) is 36.6 Å². The summed E-state index contributed by atoms with van der Waals surface area (Å²) < 4.78 is 7.43. The van der Waals surface area contributed by atoms with E-state index in [9.17, 15) is 0 Å². The van der Waals surface area contributed by atoms with Gasteiger partial charge in [-0.25, -0.2) is 20.0 Å². The van der Waals surface area contributed by atoms with Crippen molar-refractivity contribution in [2.75, 3.05) is 39.9 Å². The first-order valence-corrected chi connectivity index (χ1v) is 10.4. The number of ether oxygens (including phenoxy) is 1. The summed E-state index contributed by atoms with van der Waals surface area (Å²) >= 11 is 0. The summed E-state index contributed by atoms with van der Waals surface area (Å²) in [6.07, 6.45) is 1.65. The molecule has 0 saturated carbocycles. The van der Waals surface area contributed by atoms with Gasteiger partial charge in [0.25, 0.3) is 5.95 Å². The summed E-state index contributed by atoms with van der Waals surface area (Å²) in [5.41, 5.74) is 3.57. The Hall–Kier alpha value is -2.79. The maximum absolute atomic E-state index is 9.03. The molecule has 1 fully saturated rings. The summed E-state index contributed by atoms with van der Waals surface area (Å²) in [4.78, 5) is 13.6. The summed E-state index contributed by atoms with van der Waals surface area (Å²) in [5.74, 6) is 0.410. The Bertz CT molecular complexity index is 1080. The minimum Gasteiger partial charge on any atom is -0.394 e. The molecule has 0 atom stereocenters. The molecule has 164 valence electrons. The molecule has 0 amide bonds. The van der Waals surface area contributed by atoms with Gasteiger partial charge in [0.15, 0.2) is 11.2 Å². The first-order valence-electron chi connectivity index (χ1n) is 10.4. The first-order chi connectivity index (χ1) is 14.9. The highest BCUT2D eigenvalue weighted by molar-refractivity contribution is 5.91. The Morgan fingerprint density at radius 2 is 1.97 bits per heavy atom. The molecule has 1 aliphatic heterocycles. The van der Waals surface area contributed by atoms with Gasteiger partial charge in [0.1, 0.15) is 0 Å². The third-order valence-corrected chi connectivity index (χ3v) is 5.42. The molecule has 3 aromatic rings. The van der Waals surface area contributed by atoms with Gasteiger partial charge < -0.3 is 9.84 Å². The van der Waals surface area contributed by atoms with Gasteiger partial charge in [-0.2, -0.15) is 9.67 Å². The second-order valence-corrected chi connectivity index (χ2v) is 7.98. The molecule has 0 unspecified atom stereocenters. The molecule has 3 heterocycles. The van der Waals surface area contributed by atoms with E-state index in [4.69, 9.17) is 9.84 Å². The molecule has 1 saturated heterocycles. The number of aromatic nitrogens is 5. The number of rotatable bonds is 7. The minimum absolute atomic E-state index is 0.00848. The fourth-order valence-corrected chi connectivity index (χ4v) is 3.65. The average molecular weight is 425 g/mol. The van der Waals surface area contributed by atoms with E-state index in [1.54, 1.807) is 10.9 Å². The summed E-state index contributed by atoms with van der Waals surface area (Å²) in [6.45, 7) is 8.83. The molecular weight excluding hydrogens is 396 g/mol. The van der Waals surface area contributed by atoms with Crippen LogP contribution in [0, 0.1) is 0 Å². The van der Waals surface area contributed by atoms with E-state index in [0.29, 0.717) is 17.1 Å². The summed E-state index contributed by atoms with van der Waals surface area (Å²) in [6, 6.07) is 7.87. The van der Waals surface area contributed by atoms with Gasteiger partial charge in [-0.3, -0.25) is 0 Å². The van der Waals surface area contributed by atoms with Crippen LogP contribution in [0.1, 0.15) is 26.3 Å². The Balaban J connectivity index is 1.61. The van der Waals surface area contributed by atoms with E-state index in [1.807, 2.05) is 38.1 Å². The van der Waals surface area contributed by atoms with E-state index in [1.165, 1.54) is 0 Å². The highest BCUT2D eigenvalue weighted by Crippen LogP contribution is 2.26. The maximum atomic E-state index is 9.03. The van der Waals surface area contributed by atoms with Gasteiger partial charge in [0, 0.05) is 13.6 Å². The minimum atomic E-state index is -0.502. The largest absolute Gasteiger partial charge is 0.394 e. The van der Waals surface area contributed by atoms with Crippen LogP contribution in [-0.2, 0) is 10.3 Å². The number of hydrogen-bond acceptors (Lipinski definition) is 9. The van der Waals surface area contributed by atoms with Crippen molar-refractivity contribution in [2.45, 2.75) is 26.4 Å². The average Bonchev–Trinajstić information content (AvgIpc) is 3.35. The van der Waals surface area contributed by atoms with Crippen molar-refractivity contribution in [2.24, 2.45) is 4.99 Å². The van der Waals surface area contributed by atoms with Crippen LogP contribution in [0.25, 0.3) is 16.9 Å². The quantitative estimate of drug-likeness (QED) is 0.611. The standard InChI is InChI=1S/C21H28N8O2/c1-5-28-14-16(13-27(28)4)23-20-22-12-18-19(24-20)29(26-25-18)17-8-6-15(7-9-17)21(2,3)31-11-10-30/h6-9,12,30H,5,10-11,13-14H2,1-4H3. The normalized spacial score (nSPS) is 17.3. The number of aliphatic hydroxyl groups excluding tert-OH is 1. The maximum Gasteiger partial charge on any atom is 0.251 e. The number of nitrogens with zero attached hydrogens (tertiary/aromatic N) is 8. The zero-order chi connectivity index (χ0) is 22.0. The molecule has 31 heavy (non-hydrogen) atoms. The van der Waals surface area contributed by atoms with Gasteiger partial charge >= 0.3 is 0 Å². The first kappa shape index (κ1) is 21.4. The van der Waals surface area contributed by atoms with Crippen LogP contribution in [0.5, 0.6) is 0 Å². The van der Waals surface area contributed by atoms with Gasteiger partial charge in [-0.1, -0.05) is 24.3 Å². The number of hydrogen-bond donors (Lipinski definition) is 1. The van der Waals surface area contributed by atoms with Crippen LogP contribution in [-0.4, -0.2) is 85.7 Å². The molecule has 10 nitrogen and oxygen atoms in total. The Morgan fingerprint density at radius 1 is 1.19 bits per heavy atom. The number of aliphatic imine (C=N–C) groups is 1. The Kier molecular flexibility index (Phi) is 6.05. The van der Waals surface area contributed by atoms with Crippen LogP contribution < -0.4 is 0 Å². The van der Waals surface area contributed by atoms with Crippen molar-refractivity contribution in [1.82, 2.24) is 35.0 Å². The van der Waals surface area contributed by atoms with Crippen molar-refractivity contribution >= 4 is 22.8 Å². The molecule has 0 bridgehead atoms. The second-order valence-electron chi connectivity index (χ2n) is 7.98. The zero-order valence-electron chi connectivity index (χ0n) is 18.4. The van der Waals surface area contributed by atoms with E-state index >= 15 is 0 Å². The van der Waals surface area contributed by atoms with Gasteiger partial charge in [-0.15, -0.1) is 5.10 Å². The number of aliphatic hydroxyl groups is 1. The monoisotopic (exact) mass is 424 g/mol. The lowest BCUT2D eigenvalue weighted by Crippen LogP contribution is -2.32. The van der Waals surface area contributed by atoms with Crippen LogP contribution >= 0.6 is 0 Å². The number of benzene rings is 1. The van der Waals surface area contributed by atoms with Crippen molar-refractivity contribution in [3.63, 3.8) is 0 Å².